The van der Waals surface area contributed by atoms with Gasteiger partial charge in [0.25, 0.3) is 5.91 Å². The smallest absolute Gasteiger partial charge is 0.261 e. The van der Waals surface area contributed by atoms with Gasteiger partial charge < -0.3 is 15.0 Å². The van der Waals surface area contributed by atoms with Crippen molar-refractivity contribution in [1.29, 1.82) is 0 Å². The monoisotopic (exact) mass is 492 g/mol. The average molecular weight is 493 g/mol. The number of hydrogen-bond acceptors (Lipinski definition) is 3. The highest BCUT2D eigenvalue weighted by molar-refractivity contribution is 6.30. The van der Waals surface area contributed by atoms with Crippen LogP contribution in [0.5, 0.6) is 5.75 Å². The average Bonchev–Trinajstić information content (AvgIpc) is 2.85. The number of ether oxygens (including phenoxy) is 1. The number of carbonyl (C=O) groups excluding carboxylic acids is 2. The Morgan fingerprint density at radius 2 is 1.57 bits per heavy atom. The maximum atomic E-state index is 13.6. The molecule has 1 atom stereocenters. The Balaban J connectivity index is 1.90. The fourth-order valence-electron chi connectivity index (χ4n) is 3.70. The summed E-state index contributed by atoms with van der Waals surface area (Å²) in [7, 11) is 0. The maximum Gasteiger partial charge on any atom is 0.261 e. The van der Waals surface area contributed by atoms with Crippen LogP contribution >= 0.6 is 11.6 Å². The summed E-state index contributed by atoms with van der Waals surface area (Å²) < 4.78 is 5.87. The number of carbonyl (C=O) groups is 2. The van der Waals surface area contributed by atoms with E-state index in [4.69, 9.17) is 16.3 Å². The SMILES string of the molecule is Cc1ccccc1OCC(=O)N(Cc1ccc(Cl)cc1)C(Cc1ccccc1)C(=O)NCC(C)C. The molecule has 0 aromatic heterocycles. The second kappa shape index (κ2) is 13.0. The van der Waals surface area contributed by atoms with Crippen molar-refractivity contribution in [3.63, 3.8) is 0 Å². The van der Waals surface area contributed by atoms with E-state index in [1.54, 1.807) is 17.0 Å². The largest absolute Gasteiger partial charge is 0.484 e. The highest BCUT2D eigenvalue weighted by Gasteiger charge is 2.30. The van der Waals surface area contributed by atoms with E-state index in [0.29, 0.717) is 29.7 Å². The predicted molar refractivity (Wildman–Crippen MR) is 140 cm³/mol. The van der Waals surface area contributed by atoms with Gasteiger partial charge in [-0.2, -0.15) is 0 Å². The minimum absolute atomic E-state index is 0.165. The third-order valence-electron chi connectivity index (χ3n) is 5.67. The highest BCUT2D eigenvalue weighted by atomic mass is 35.5. The predicted octanol–water partition coefficient (Wildman–Crippen LogP) is 5.44. The van der Waals surface area contributed by atoms with Crippen molar-refractivity contribution in [2.75, 3.05) is 13.2 Å². The molecule has 0 saturated carbocycles. The Bertz CT molecular complexity index is 1100. The number of hydrogen-bond donors (Lipinski definition) is 1. The number of amides is 2. The van der Waals surface area contributed by atoms with Gasteiger partial charge in [-0.15, -0.1) is 0 Å². The normalized spacial score (nSPS) is 11.7. The van der Waals surface area contributed by atoms with Gasteiger partial charge in [-0.3, -0.25) is 9.59 Å². The molecule has 0 heterocycles. The molecular formula is C29H33ClN2O3. The van der Waals surface area contributed by atoms with Crippen LogP contribution in [0.15, 0.2) is 78.9 Å². The van der Waals surface area contributed by atoms with Crippen molar-refractivity contribution in [2.24, 2.45) is 5.92 Å². The summed E-state index contributed by atoms with van der Waals surface area (Å²) >= 11 is 6.07. The van der Waals surface area contributed by atoms with Crippen molar-refractivity contribution < 1.29 is 14.3 Å². The minimum Gasteiger partial charge on any atom is -0.484 e. The van der Waals surface area contributed by atoms with Crippen molar-refractivity contribution in [2.45, 2.75) is 39.8 Å². The van der Waals surface area contributed by atoms with Crippen molar-refractivity contribution in [1.82, 2.24) is 10.2 Å². The van der Waals surface area contributed by atoms with Gasteiger partial charge >= 0.3 is 0 Å². The Morgan fingerprint density at radius 3 is 2.23 bits per heavy atom. The lowest BCUT2D eigenvalue weighted by Gasteiger charge is -2.31. The maximum absolute atomic E-state index is 13.6. The molecule has 0 spiro atoms. The number of halogens is 1. The summed E-state index contributed by atoms with van der Waals surface area (Å²) in [6.07, 6.45) is 0.397. The fraction of sp³-hybridized carbons (Fsp3) is 0.310. The Hall–Kier alpha value is -3.31. The molecule has 0 aliphatic heterocycles. The molecule has 6 heteroatoms. The van der Waals surface area contributed by atoms with Crippen LogP contribution < -0.4 is 10.1 Å². The van der Waals surface area contributed by atoms with Crippen LogP contribution in [0.25, 0.3) is 0 Å². The zero-order valence-corrected chi connectivity index (χ0v) is 21.3. The van der Waals surface area contributed by atoms with Crippen molar-refractivity contribution >= 4 is 23.4 Å². The third kappa shape index (κ3) is 8.15. The minimum atomic E-state index is -0.695. The number of nitrogens with one attached hydrogen (secondary N) is 1. The lowest BCUT2D eigenvalue weighted by molar-refractivity contribution is -0.142. The van der Waals surface area contributed by atoms with Gasteiger partial charge in [0.05, 0.1) is 0 Å². The Morgan fingerprint density at radius 1 is 0.914 bits per heavy atom. The van der Waals surface area contributed by atoms with E-state index in [1.165, 1.54) is 0 Å². The number of benzene rings is 3. The molecule has 3 aromatic carbocycles. The summed E-state index contributed by atoms with van der Waals surface area (Å²) in [4.78, 5) is 28.6. The van der Waals surface area contributed by atoms with Crippen molar-refractivity contribution in [3.8, 4) is 5.75 Å². The molecule has 184 valence electrons. The molecule has 35 heavy (non-hydrogen) atoms. The van der Waals surface area contributed by atoms with Gasteiger partial charge in [-0.05, 0) is 47.7 Å². The van der Waals surface area contributed by atoms with Crippen LogP contribution in [-0.2, 0) is 22.6 Å². The standard InChI is InChI=1S/C29H33ClN2O3/c1-21(2)18-31-29(34)26(17-23-10-5-4-6-11-23)32(19-24-13-15-25(30)16-14-24)28(33)20-35-27-12-8-7-9-22(27)3/h4-16,21,26H,17-20H2,1-3H3,(H,31,34). The molecule has 0 aliphatic rings. The van der Waals surface area contributed by atoms with Crippen LogP contribution in [0, 0.1) is 12.8 Å². The molecule has 3 rings (SSSR count). The highest BCUT2D eigenvalue weighted by Crippen LogP contribution is 2.19. The van der Waals surface area contributed by atoms with Crippen LogP contribution in [0.4, 0.5) is 0 Å². The van der Waals surface area contributed by atoms with E-state index in [1.807, 2.05) is 87.5 Å². The number of aryl methyl sites for hydroxylation is 1. The fourth-order valence-corrected chi connectivity index (χ4v) is 3.83. The summed E-state index contributed by atoms with van der Waals surface area (Å²) in [5.41, 5.74) is 2.80. The van der Waals surface area contributed by atoms with Gasteiger partial charge in [0.2, 0.25) is 5.91 Å². The molecule has 0 fully saturated rings. The first-order chi connectivity index (χ1) is 16.8. The van der Waals surface area contributed by atoms with Crippen LogP contribution in [-0.4, -0.2) is 35.9 Å². The van der Waals surface area contributed by atoms with Gasteiger partial charge in [0.1, 0.15) is 11.8 Å². The first-order valence-corrected chi connectivity index (χ1v) is 12.2. The van der Waals surface area contributed by atoms with Gasteiger partial charge in [0.15, 0.2) is 6.61 Å². The molecule has 0 aliphatic carbocycles. The third-order valence-corrected chi connectivity index (χ3v) is 5.92. The molecule has 5 nitrogen and oxygen atoms in total. The van der Waals surface area contributed by atoms with Gasteiger partial charge in [-0.25, -0.2) is 0 Å². The van der Waals surface area contributed by atoms with E-state index in [9.17, 15) is 9.59 Å². The topological polar surface area (TPSA) is 58.6 Å². The van der Waals surface area contributed by atoms with Gasteiger partial charge in [-0.1, -0.05) is 86.1 Å². The lowest BCUT2D eigenvalue weighted by atomic mass is 10.0. The summed E-state index contributed by atoms with van der Waals surface area (Å²) in [5.74, 6) is 0.502. The molecule has 0 radical (unpaired) electrons. The molecule has 2 amide bonds. The first kappa shape index (κ1) is 26.3. The van der Waals surface area contributed by atoms with E-state index in [-0.39, 0.29) is 25.0 Å². The van der Waals surface area contributed by atoms with Crippen LogP contribution in [0.2, 0.25) is 5.02 Å². The molecule has 1 unspecified atom stereocenters. The van der Waals surface area contributed by atoms with Crippen LogP contribution in [0.3, 0.4) is 0 Å². The zero-order chi connectivity index (χ0) is 25.2. The molecule has 0 saturated heterocycles. The number of nitrogens with zero attached hydrogens (tertiary/aromatic N) is 1. The van der Waals surface area contributed by atoms with E-state index >= 15 is 0 Å². The van der Waals surface area contributed by atoms with Crippen LogP contribution in [0.1, 0.15) is 30.5 Å². The summed E-state index contributed by atoms with van der Waals surface area (Å²) in [6, 6.07) is 23.9. The second-order valence-electron chi connectivity index (χ2n) is 9.05. The Kier molecular flexibility index (Phi) is 9.74. The van der Waals surface area contributed by atoms with Crippen molar-refractivity contribution in [3.05, 3.63) is 101 Å². The Labute approximate surface area is 213 Å². The van der Waals surface area contributed by atoms with E-state index in [0.717, 1.165) is 16.7 Å². The molecule has 3 aromatic rings. The molecular weight excluding hydrogens is 460 g/mol. The van der Waals surface area contributed by atoms with E-state index < -0.39 is 6.04 Å². The summed E-state index contributed by atoms with van der Waals surface area (Å²) in [6.45, 7) is 6.65. The second-order valence-corrected chi connectivity index (χ2v) is 9.48. The first-order valence-electron chi connectivity index (χ1n) is 11.9. The zero-order valence-electron chi connectivity index (χ0n) is 20.5. The quantitative estimate of drug-likeness (QED) is 0.387. The number of para-hydroxylation sites is 1. The molecule has 1 N–H and O–H groups in total. The summed E-state index contributed by atoms with van der Waals surface area (Å²) in [5, 5.41) is 3.64. The van der Waals surface area contributed by atoms with E-state index in [2.05, 4.69) is 5.32 Å². The molecule has 0 bridgehead atoms. The lowest BCUT2D eigenvalue weighted by Crippen LogP contribution is -2.52. The van der Waals surface area contributed by atoms with Gasteiger partial charge in [0, 0.05) is 24.5 Å². The number of rotatable bonds is 11.